The molecule has 194 valence electrons. The predicted octanol–water partition coefficient (Wildman–Crippen LogP) is 5.07. The first-order valence-corrected chi connectivity index (χ1v) is 13.8. The number of piperidine rings is 1. The minimum absolute atomic E-state index is 0.0252. The summed E-state index contributed by atoms with van der Waals surface area (Å²) in [5.74, 6) is -0.258. The number of amides is 1. The molecule has 37 heavy (non-hydrogen) atoms. The average molecular weight is 567 g/mol. The first-order chi connectivity index (χ1) is 17.8. The highest BCUT2D eigenvalue weighted by Crippen LogP contribution is 2.36. The number of nitrogens with zero attached hydrogens (tertiary/aromatic N) is 2. The average Bonchev–Trinajstić information content (AvgIpc) is 3.72. The number of benzene rings is 2. The number of nitrogens with one attached hydrogen (secondary N) is 1. The molecule has 1 saturated heterocycles. The third-order valence-electron chi connectivity index (χ3n) is 7.77. The van der Waals surface area contributed by atoms with Crippen molar-refractivity contribution in [1.29, 1.82) is 0 Å². The SMILES string of the molecule is Cc1c(Br)cc(CN(C(=O)C2CNCC[C@@H]2c2ccn(C)c(=O)c2)C2CC2)cc1Cc1cccc(F)c1. The third kappa shape index (κ3) is 5.88. The fraction of sp³-hybridized carbons (Fsp3) is 0.400. The molecule has 0 spiro atoms. The van der Waals surface area contributed by atoms with E-state index in [2.05, 4.69) is 45.2 Å². The standard InChI is InChI=1S/C30H33BrFN3O2/c1-19-23(12-20-4-3-5-24(32)14-20)13-21(15-28(19)31)18-35(25-6-7-25)30(37)27-17-33-10-8-26(27)22-9-11-34(2)29(36)16-22/h3-5,9,11,13-16,25-27,33H,6-8,10,12,17-18H2,1-2H3/t26-,27?/m1/s1. The summed E-state index contributed by atoms with van der Waals surface area (Å²) >= 11 is 3.71. The van der Waals surface area contributed by atoms with E-state index in [0.29, 0.717) is 19.5 Å². The van der Waals surface area contributed by atoms with Gasteiger partial charge in [0.05, 0.1) is 5.92 Å². The lowest BCUT2D eigenvalue weighted by molar-refractivity contribution is -0.138. The molecule has 1 aliphatic carbocycles. The van der Waals surface area contributed by atoms with Crippen LogP contribution in [-0.2, 0) is 24.8 Å². The molecule has 0 bridgehead atoms. The number of aryl methyl sites for hydroxylation is 1. The Hall–Kier alpha value is -2.77. The summed E-state index contributed by atoms with van der Waals surface area (Å²) in [6.45, 7) is 4.05. The Bertz CT molecular complexity index is 1370. The molecule has 1 amide bonds. The molecule has 2 aliphatic rings. The third-order valence-corrected chi connectivity index (χ3v) is 8.60. The fourth-order valence-corrected chi connectivity index (χ4v) is 5.98. The Morgan fingerprint density at radius 2 is 1.95 bits per heavy atom. The van der Waals surface area contributed by atoms with Gasteiger partial charge in [-0.05, 0) is 97.2 Å². The fourth-order valence-electron chi connectivity index (χ4n) is 5.43. The maximum atomic E-state index is 14.0. The Morgan fingerprint density at radius 3 is 2.68 bits per heavy atom. The van der Waals surface area contributed by atoms with Gasteiger partial charge < -0.3 is 14.8 Å². The van der Waals surface area contributed by atoms with Crippen LogP contribution in [0.1, 0.15) is 53.0 Å². The van der Waals surface area contributed by atoms with Crippen LogP contribution in [0.4, 0.5) is 4.39 Å². The van der Waals surface area contributed by atoms with Crippen molar-refractivity contribution in [1.82, 2.24) is 14.8 Å². The molecule has 2 fully saturated rings. The minimum atomic E-state index is -0.234. The van der Waals surface area contributed by atoms with Crippen molar-refractivity contribution in [3.05, 3.63) is 103 Å². The van der Waals surface area contributed by atoms with Gasteiger partial charge in [0, 0.05) is 42.9 Å². The highest BCUT2D eigenvalue weighted by molar-refractivity contribution is 9.10. The van der Waals surface area contributed by atoms with Crippen LogP contribution < -0.4 is 10.9 Å². The summed E-state index contributed by atoms with van der Waals surface area (Å²) in [4.78, 5) is 28.4. The van der Waals surface area contributed by atoms with E-state index < -0.39 is 0 Å². The van der Waals surface area contributed by atoms with Gasteiger partial charge in [-0.3, -0.25) is 9.59 Å². The molecule has 1 unspecified atom stereocenters. The van der Waals surface area contributed by atoms with E-state index in [1.54, 1.807) is 36.0 Å². The highest BCUT2D eigenvalue weighted by Gasteiger charge is 2.40. The Kier molecular flexibility index (Phi) is 7.63. The molecule has 5 nitrogen and oxygen atoms in total. The Balaban J connectivity index is 1.40. The molecule has 1 N–H and O–H groups in total. The van der Waals surface area contributed by atoms with E-state index in [9.17, 15) is 14.0 Å². The van der Waals surface area contributed by atoms with Gasteiger partial charge in [-0.2, -0.15) is 0 Å². The molecule has 1 aliphatic heterocycles. The van der Waals surface area contributed by atoms with Crippen molar-refractivity contribution in [2.24, 2.45) is 13.0 Å². The second-order valence-corrected chi connectivity index (χ2v) is 11.3. The zero-order valence-corrected chi connectivity index (χ0v) is 22.9. The quantitative estimate of drug-likeness (QED) is 0.435. The number of pyridine rings is 1. The second kappa shape index (κ2) is 10.9. The monoisotopic (exact) mass is 565 g/mol. The maximum absolute atomic E-state index is 14.0. The number of hydrogen-bond donors (Lipinski definition) is 1. The normalized spacial score (nSPS) is 19.6. The Labute approximate surface area is 225 Å². The van der Waals surface area contributed by atoms with Gasteiger partial charge in [-0.25, -0.2) is 4.39 Å². The molecule has 2 atom stereocenters. The molecular weight excluding hydrogens is 533 g/mol. The molecular formula is C30H33BrFN3O2. The van der Waals surface area contributed by atoms with Gasteiger partial charge in [0.25, 0.3) is 5.56 Å². The van der Waals surface area contributed by atoms with Crippen molar-refractivity contribution in [3.63, 3.8) is 0 Å². The van der Waals surface area contributed by atoms with Crippen LogP contribution in [0, 0.1) is 18.7 Å². The number of aromatic nitrogens is 1. The van der Waals surface area contributed by atoms with Crippen LogP contribution in [0.15, 0.2) is 64.0 Å². The van der Waals surface area contributed by atoms with Gasteiger partial charge in [-0.1, -0.05) is 34.1 Å². The molecule has 5 rings (SSSR count). The molecule has 3 aromatic rings. The molecule has 1 aromatic heterocycles. The van der Waals surface area contributed by atoms with Crippen molar-refractivity contribution >= 4 is 21.8 Å². The van der Waals surface area contributed by atoms with Crippen LogP contribution in [0.3, 0.4) is 0 Å². The lowest BCUT2D eigenvalue weighted by atomic mass is 9.80. The van der Waals surface area contributed by atoms with E-state index in [-0.39, 0.29) is 35.2 Å². The summed E-state index contributed by atoms with van der Waals surface area (Å²) in [7, 11) is 1.74. The van der Waals surface area contributed by atoms with E-state index in [4.69, 9.17) is 0 Å². The van der Waals surface area contributed by atoms with E-state index in [0.717, 1.165) is 58.1 Å². The van der Waals surface area contributed by atoms with Crippen molar-refractivity contribution in [2.45, 2.75) is 51.1 Å². The maximum Gasteiger partial charge on any atom is 0.250 e. The summed E-state index contributed by atoms with van der Waals surface area (Å²) in [6, 6.07) is 14.9. The van der Waals surface area contributed by atoms with Crippen LogP contribution in [0.25, 0.3) is 0 Å². The van der Waals surface area contributed by atoms with Crippen LogP contribution in [0.5, 0.6) is 0 Å². The number of carbonyl (C=O) groups excluding carboxylic acids is 1. The number of carbonyl (C=O) groups is 1. The van der Waals surface area contributed by atoms with Crippen LogP contribution in [0.2, 0.25) is 0 Å². The zero-order valence-electron chi connectivity index (χ0n) is 21.3. The molecule has 2 heterocycles. The highest BCUT2D eigenvalue weighted by atomic mass is 79.9. The molecule has 0 radical (unpaired) electrons. The largest absolute Gasteiger partial charge is 0.335 e. The summed E-state index contributed by atoms with van der Waals surface area (Å²) in [5, 5.41) is 3.41. The van der Waals surface area contributed by atoms with Crippen molar-refractivity contribution in [3.8, 4) is 0 Å². The first kappa shape index (κ1) is 25.9. The summed E-state index contributed by atoms with van der Waals surface area (Å²) in [5.41, 5.74) is 5.14. The zero-order chi connectivity index (χ0) is 26.1. The Morgan fingerprint density at radius 1 is 1.14 bits per heavy atom. The van der Waals surface area contributed by atoms with E-state index >= 15 is 0 Å². The van der Waals surface area contributed by atoms with E-state index in [1.165, 1.54) is 6.07 Å². The minimum Gasteiger partial charge on any atom is -0.335 e. The summed E-state index contributed by atoms with van der Waals surface area (Å²) in [6.07, 6.45) is 5.29. The number of halogens is 2. The van der Waals surface area contributed by atoms with E-state index in [1.807, 2.05) is 12.1 Å². The van der Waals surface area contributed by atoms with Gasteiger partial charge in [0.15, 0.2) is 0 Å². The smallest absolute Gasteiger partial charge is 0.250 e. The van der Waals surface area contributed by atoms with Crippen LogP contribution in [-0.4, -0.2) is 34.5 Å². The lowest BCUT2D eigenvalue weighted by Crippen LogP contribution is -2.47. The van der Waals surface area contributed by atoms with Crippen molar-refractivity contribution in [2.75, 3.05) is 13.1 Å². The lowest BCUT2D eigenvalue weighted by Gasteiger charge is -2.36. The van der Waals surface area contributed by atoms with Crippen LogP contribution >= 0.6 is 15.9 Å². The topological polar surface area (TPSA) is 54.3 Å². The van der Waals surface area contributed by atoms with Crippen molar-refractivity contribution < 1.29 is 9.18 Å². The number of hydrogen-bond acceptors (Lipinski definition) is 3. The first-order valence-electron chi connectivity index (χ1n) is 13.0. The van der Waals surface area contributed by atoms with Gasteiger partial charge >= 0.3 is 0 Å². The molecule has 2 aromatic carbocycles. The summed E-state index contributed by atoms with van der Waals surface area (Å²) < 4.78 is 16.3. The molecule has 7 heteroatoms. The predicted molar refractivity (Wildman–Crippen MR) is 147 cm³/mol. The second-order valence-electron chi connectivity index (χ2n) is 10.5. The van der Waals surface area contributed by atoms with Gasteiger partial charge in [0.1, 0.15) is 5.82 Å². The molecule has 1 saturated carbocycles. The number of rotatable bonds is 7. The van der Waals surface area contributed by atoms with Gasteiger partial charge in [-0.15, -0.1) is 0 Å². The van der Waals surface area contributed by atoms with Gasteiger partial charge in [0.2, 0.25) is 5.91 Å².